The van der Waals surface area contributed by atoms with E-state index in [9.17, 15) is 40.2 Å². The quantitative estimate of drug-likeness (QED) is 0.264. The Labute approximate surface area is 224 Å². The number of likely N-dealkylation sites (N-methyl/N-ethyl adjacent to an activating group) is 1. The van der Waals surface area contributed by atoms with Gasteiger partial charge in [-0.25, -0.2) is 0 Å². The molecule has 6 N–H and O–H groups in total. The molecule has 0 amide bonds. The van der Waals surface area contributed by atoms with Gasteiger partial charge in [0.05, 0.1) is 40.6 Å². The summed E-state index contributed by atoms with van der Waals surface area (Å²) in [4.78, 5) is 28.7. The molecule has 1 aliphatic heterocycles. The number of ketones is 2. The Morgan fingerprint density at radius 3 is 2.31 bits per heavy atom. The largest absolute Gasteiger partial charge is 0.507 e. The van der Waals surface area contributed by atoms with Crippen LogP contribution in [0.4, 0.5) is 0 Å². The maximum absolute atomic E-state index is 13.5. The molecule has 1 fully saturated rings. The van der Waals surface area contributed by atoms with E-state index in [0.29, 0.717) is 0 Å². The molecular formula is C28H33NO10. The molecule has 0 bridgehead atoms. The number of fused-ring (bicyclic) bond motifs is 3. The van der Waals surface area contributed by atoms with Crippen LogP contribution in [-0.2, 0) is 9.47 Å². The SMILES string of the molecule is CCC1(O)CC(O)c2c(O)c3c(c(O)c2C1O[C@@H]1C[C@@H](N(C)C)[C@@H](O)[C@@H](C)O1)C(=O)c1cccc(O)c1C3=O. The van der Waals surface area contributed by atoms with Gasteiger partial charge in [0.2, 0.25) is 5.78 Å². The van der Waals surface area contributed by atoms with Gasteiger partial charge in [0.15, 0.2) is 12.1 Å². The number of ether oxygens (including phenoxy) is 2. The first-order valence-electron chi connectivity index (χ1n) is 12.9. The molecule has 1 saturated heterocycles. The first-order valence-corrected chi connectivity index (χ1v) is 12.9. The molecule has 0 saturated carbocycles. The summed E-state index contributed by atoms with van der Waals surface area (Å²) in [7, 11) is 3.60. The molecule has 11 heteroatoms. The van der Waals surface area contributed by atoms with Crippen molar-refractivity contribution in [1.29, 1.82) is 0 Å². The number of hydrogen-bond donors (Lipinski definition) is 6. The predicted octanol–water partition coefficient (Wildman–Crippen LogP) is 1.64. The molecule has 2 aromatic rings. The van der Waals surface area contributed by atoms with Gasteiger partial charge in [-0.2, -0.15) is 0 Å². The minimum Gasteiger partial charge on any atom is -0.507 e. The van der Waals surface area contributed by atoms with Crippen molar-refractivity contribution < 1.29 is 49.7 Å². The highest BCUT2D eigenvalue weighted by Gasteiger charge is 2.52. The van der Waals surface area contributed by atoms with Crippen LogP contribution < -0.4 is 0 Å². The highest BCUT2D eigenvalue weighted by Crippen LogP contribution is 2.56. The Morgan fingerprint density at radius 1 is 1.03 bits per heavy atom. The lowest BCUT2D eigenvalue weighted by atomic mass is 9.70. The number of carbonyl (C=O) groups is 2. The van der Waals surface area contributed by atoms with E-state index in [0.717, 1.165) is 0 Å². The fraction of sp³-hybridized carbons (Fsp3) is 0.500. The van der Waals surface area contributed by atoms with Crippen molar-refractivity contribution in [2.45, 2.75) is 75.5 Å². The van der Waals surface area contributed by atoms with Crippen LogP contribution in [0.5, 0.6) is 17.2 Å². The lowest BCUT2D eigenvalue weighted by molar-refractivity contribution is -0.279. The standard InChI is InChI=1S/C28H33NO10/c1-5-28(37)10-15(31)18-21(27(28)39-16-9-13(29(3)4)22(32)11(2)38-16)26(36)19-20(25(18)35)24(34)17-12(23(19)33)7-6-8-14(17)30/h6-8,11,13,15-16,22,27,30-32,35-37H,5,9-10H2,1-4H3/t11-,13-,15?,16-,22+,27?,28?/m1/s1. The third kappa shape index (κ3) is 4.03. The monoisotopic (exact) mass is 543 g/mol. The van der Waals surface area contributed by atoms with Gasteiger partial charge in [-0.1, -0.05) is 19.1 Å². The summed E-state index contributed by atoms with van der Waals surface area (Å²) in [6.45, 7) is 3.34. The molecule has 0 aromatic heterocycles. The molecular weight excluding hydrogens is 510 g/mol. The van der Waals surface area contributed by atoms with Crippen LogP contribution >= 0.6 is 0 Å². The highest BCUT2D eigenvalue weighted by molar-refractivity contribution is 6.31. The van der Waals surface area contributed by atoms with E-state index in [-0.39, 0.29) is 47.6 Å². The van der Waals surface area contributed by atoms with E-state index >= 15 is 0 Å². The molecule has 11 nitrogen and oxygen atoms in total. The second kappa shape index (κ2) is 9.54. The number of hydrogen-bond acceptors (Lipinski definition) is 11. The number of phenolic OH excluding ortho intramolecular Hbond substituents is 3. The first-order chi connectivity index (χ1) is 18.3. The van der Waals surface area contributed by atoms with Crippen LogP contribution in [0.3, 0.4) is 0 Å². The van der Waals surface area contributed by atoms with Gasteiger partial charge >= 0.3 is 0 Å². The van der Waals surface area contributed by atoms with Crippen molar-refractivity contribution in [2.75, 3.05) is 14.1 Å². The summed E-state index contributed by atoms with van der Waals surface area (Å²) in [6, 6.07) is 3.58. The van der Waals surface area contributed by atoms with Crippen LogP contribution in [0.2, 0.25) is 0 Å². The summed E-state index contributed by atoms with van der Waals surface area (Å²) < 4.78 is 12.1. The lowest BCUT2D eigenvalue weighted by Crippen LogP contribution is -2.54. The predicted molar refractivity (Wildman–Crippen MR) is 136 cm³/mol. The molecule has 3 unspecified atom stereocenters. The van der Waals surface area contributed by atoms with E-state index in [4.69, 9.17) is 9.47 Å². The summed E-state index contributed by atoms with van der Waals surface area (Å²) in [6.07, 6.45) is -5.33. The normalized spacial score (nSPS) is 32.1. The van der Waals surface area contributed by atoms with Crippen molar-refractivity contribution >= 4 is 11.6 Å². The number of nitrogens with zero attached hydrogens (tertiary/aromatic N) is 1. The number of benzene rings is 2. The van der Waals surface area contributed by atoms with Gasteiger partial charge in [-0.15, -0.1) is 0 Å². The number of aliphatic hydroxyl groups excluding tert-OH is 2. The minimum atomic E-state index is -1.75. The van der Waals surface area contributed by atoms with Crippen LogP contribution in [-0.4, -0.2) is 91.3 Å². The van der Waals surface area contributed by atoms with Gasteiger partial charge in [-0.3, -0.25) is 9.59 Å². The summed E-state index contributed by atoms with van der Waals surface area (Å²) in [5.74, 6) is -3.61. The number of phenols is 3. The highest BCUT2D eigenvalue weighted by atomic mass is 16.7. The zero-order valence-electron chi connectivity index (χ0n) is 22.1. The third-order valence-corrected chi connectivity index (χ3v) is 8.36. The van der Waals surface area contributed by atoms with Crippen molar-refractivity contribution in [2.24, 2.45) is 0 Å². The number of aromatic hydroxyl groups is 3. The Balaban J connectivity index is 1.68. The molecule has 210 valence electrons. The van der Waals surface area contributed by atoms with Crippen LogP contribution in [0.15, 0.2) is 18.2 Å². The topological polar surface area (TPSA) is 177 Å². The fourth-order valence-electron chi connectivity index (χ4n) is 6.15. The van der Waals surface area contributed by atoms with Crippen molar-refractivity contribution in [3.63, 3.8) is 0 Å². The van der Waals surface area contributed by atoms with Crippen molar-refractivity contribution in [1.82, 2.24) is 4.90 Å². The van der Waals surface area contributed by atoms with Crippen LogP contribution in [0.1, 0.15) is 88.3 Å². The third-order valence-electron chi connectivity index (χ3n) is 8.36. The second-order valence-electron chi connectivity index (χ2n) is 10.9. The molecule has 0 spiro atoms. The van der Waals surface area contributed by atoms with E-state index in [1.165, 1.54) is 18.2 Å². The molecule has 2 aliphatic carbocycles. The van der Waals surface area contributed by atoms with Crippen LogP contribution in [0, 0.1) is 0 Å². The summed E-state index contributed by atoms with van der Waals surface area (Å²) in [5, 5.41) is 66.4. The second-order valence-corrected chi connectivity index (χ2v) is 10.9. The van der Waals surface area contributed by atoms with E-state index in [2.05, 4.69) is 0 Å². The van der Waals surface area contributed by atoms with Gasteiger partial charge < -0.3 is 45.0 Å². The Bertz CT molecular complexity index is 1360. The average molecular weight is 544 g/mol. The van der Waals surface area contributed by atoms with Crippen LogP contribution in [0.25, 0.3) is 0 Å². The lowest BCUT2D eigenvalue weighted by Gasteiger charge is -2.47. The Hall–Kier alpha value is -3.06. The average Bonchev–Trinajstić information content (AvgIpc) is 2.87. The number of rotatable bonds is 4. The van der Waals surface area contributed by atoms with E-state index in [1.54, 1.807) is 27.9 Å². The van der Waals surface area contributed by atoms with Gasteiger partial charge in [0.25, 0.3) is 0 Å². The summed E-state index contributed by atoms with van der Waals surface area (Å²) >= 11 is 0. The Morgan fingerprint density at radius 2 is 1.67 bits per heavy atom. The van der Waals surface area contributed by atoms with E-state index in [1.807, 2.05) is 4.90 Å². The van der Waals surface area contributed by atoms with Gasteiger partial charge in [0.1, 0.15) is 23.4 Å². The molecule has 2 aromatic carbocycles. The number of carbonyl (C=O) groups excluding carboxylic acids is 2. The van der Waals surface area contributed by atoms with E-state index < -0.39 is 76.2 Å². The zero-order chi connectivity index (χ0) is 28.5. The first kappa shape index (κ1) is 27.5. The number of aliphatic hydroxyl groups is 3. The maximum atomic E-state index is 13.5. The van der Waals surface area contributed by atoms with Gasteiger partial charge in [-0.05, 0) is 33.5 Å². The van der Waals surface area contributed by atoms with Crippen molar-refractivity contribution in [3.8, 4) is 17.2 Å². The van der Waals surface area contributed by atoms with Crippen molar-refractivity contribution in [3.05, 3.63) is 51.6 Å². The molecule has 7 atom stereocenters. The zero-order valence-corrected chi connectivity index (χ0v) is 22.1. The maximum Gasteiger partial charge on any atom is 0.202 e. The fourth-order valence-corrected chi connectivity index (χ4v) is 6.15. The minimum absolute atomic E-state index is 0.0665. The molecule has 1 heterocycles. The molecule has 39 heavy (non-hydrogen) atoms. The Kier molecular flexibility index (Phi) is 6.73. The smallest absolute Gasteiger partial charge is 0.202 e. The van der Waals surface area contributed by atoms with Gasteiger partial charge in [0, 0.05) is 35.6 Å². The molecule has 0 radical (unpaired) electrons. The molecule has 5 rings (SSSR count). The summed E-state index contributed by atoms with van der Waals surface area (Å²) in [5.41, 5.74) is -3.73. The molecule has 3 aliphatic rings.